The van der Waals surface area contributed by atoms with E-state index in [1.54, 1.807) is 0 Å². The number of nitrogens with zero attached hydrogens (tertiary/aromatic N) is 1. The largest absolute Gasteiger partial charge is 0.345 e. The Morgan fingerprint density at radius 2 is 1.78 bits per heavy atom. The van der Waals surface area contributed by atoms with Crippen LogP contribution in [0.4, 0.5) is 0 Å². The maximum Gasteiger partial charge on any atom is 0.222 e. The molecule has 0 bridgehead atoms. The Morgan fingerprint density at radius 3 is 2.44 bits per heavy atom. The van der Waals surface area contributed by atoms with Gasteiger partial charge in [-0.1, -0.05) is 32.1 Å². The van der Waals surface area contributed by atoms with E-state index in [0.717, 1.165) is 44.7 Å². The lowest BCUT2D eigenvalue weighted by molar-refractivity contribution is -0.130. The van der Waals surface area contributed by atoms with Crippen LogP contribution in [0.5, 0.6) is 0 Å². The minimum absolute atomic E-state index is 0.327. The highest BCUT2D eigenvalue weighted by Gasteiger charge is 2.17. The summed E-state index contributed by atoms with van der Waals surface area (Å²) in [6.07, 6.45) is 11.8. The lowest BCUT2D eigenvalue weighted by atomic mass is 9.89. The van der Waals surface area contributed by atoms with Crippen molar-refractivity contribution >= 4 is 5.91 Å². The Balaban J connectivity index is 2.08. The van der Waals surface area contributed by atoms with Gasteiger partial charge in [0, 0.05) is 20.0 Å². The predicted molar refractivity (Wildman–Crippen MR) is 76.4 cm³/mol. The summed E-state index contributed by atoms with van der Waals surface area (Å²) < 4.78 is 0. The van der Waals surface area contributed by atoms with Crippen molar-refractivity contribution in [2.75, 3.05) is 20.1 Å². The zero-order chi connectivity index (χ0) is 13.2. The maximum atomic E-state index is 12.0. The normalized spacial score (nSPS) is 16.8. The van der Waals surface area contributed by atoms with Gasteiger partial charge in [0.1, 0.15) is 0 Å². The standard InChI is InChI=1S/C15H30N2O/c1-17(13-14-9-5-4-6-10-14)15(18)11-7-2-3-8-12-16/h14H,2-13,16H2,1H3. The molecule has 1 rings (SSSR count). The molecule has 0 aromatic heterocycles. The van der Waals surface area contributed by atoms with Gasteiger partial charge in [-0.2, -0.15) is 0 Å². The van der Waals surface area contributed by atoms with Crippen LogP contribution in [0.3, 0.4) is 0 Å². The first-order valence-electron chi connectivity index (χ1n) is 7.68. The van der Waals surface area contributed by atoms with Crippen molar-refractivity contribution in [3.63, 3.8) is 0 Å². The van der Waals surface area contributed by atoms with E-state index in [0.29, 0.717) is 12.3 Å². The van der Waals surface area contributed by atoms with E-state index in [1.807, 2.05) is 11.9 Å². The highest BCUT2D eigenvalue weighted by Crippen LogP contribution is 2.24. The highest BCUT2D eigenvalue weighted by atomic mass is 16.2. The van der Waals surface area contributed by atoms with Crippen molar-refractivity contribution in [3.8, 4) is 0 Å². The Labute approximate surface area is 112 Å². The first-order valence-corrected chi connectivity index (χ1v) is 7.68. The third-order valence-corrected chi connectivity index (χ3v) is 4.03. The van der Waals surface area contributed by atoms with Gasteiger partial charge in [0.25, 0.3) is 0 Å². The molecule has 3 nitrogen and oxygen atoms in total. The lowest BCUT2D eigenvalue weighted by Crippen LogP contribution is -2.32. The number of amides is 1. The van der Waals surface area contributed by atoms with Gasteiger partial charge in [-0.05, 0) is 38.1 Å². The molecule has 1 aliphatic rings. The molecule has 0 atom stereocenters. The van der Waals surface area contributed by atoms with Crippen molar-refractivity contribution in [3.05, 3.63) is 0 Å². The summed E-state index contributed by atoms with van der Waals surface area (Å²) in [7, 11) is 1.97. The summed E-state index contributed by atoms with van der Waals surface area (Å²) in [4.78, 5) is 13.9. The molecule has 1 aliphatic carbocycles. The van der Waals surface area contributed by atoms with Crippen molar-refractivity contribution in [1.29, 1.82) is 0 Å². The number of hydrogen-bond donors (Lipinski definition) is 1. The number of nitrogens with two attached hydrogens (primary N) is 1. The fourth-order valence-electron chi connectivity index (χ4n) is 2.82. The number of hydrogen-bond acceptors (Lipinski definition) is 2. The Morgan fingerprint density at radius 1 is 1.11 bits per heavy atom. The number of rotatable bonds is 8. The first-order chi connectivity index (χ1) is 8.74. The van der Waals surface area contributed by atoms with E-state index in [4.69, 9.17) is 5.73 Å². The molecule has 0 spiro atoms. The smallest absolute Gasteiger partial charge is 0.222 e. The molecular weight excluding hydrogens is 224 g/mol. The molecule has 18 heavy (non-hydrogen) atoms. The van der Waals surface area contributed by atoms with Crippen LogP contribution in [0.2, 0.25) is 0 Å². The Hall–Kier alpha value is -0.570. The minimum Gasteiger partial charge on any atom is -0.345 e. The molecule has 1 amide bonds. The van der Waals surface area contributed by atoms with E-state index in [1.165, 1.54) is 32.1 Å². The fourth-order valence-corrected chi connectivity index (χ4v) is 2.82. The topological polar surface area (TPSA) is 46.3 Å². The van der Waals surface area contributed by atoms with Crippen molar-refractivity contribution in [2.45, 2.75) is 64.2 Å². The van der Waals surface area contributed by atoms with Crippen LogP contribution in [0, 0.1) is 5.92 Å². The van der Waals surface area contributed by atoms with Gasteiger partial charge in [0.15, 0.2) is 0 Å². The van der Waals surface area contributed by atoms with Crippen molar-refractivity contribution in [1.82, 2.24) is 4.90 Å². The molecule has 0 aromatic carbocycles. The number of carbonyl (C=O) groups excluding carboxylic acids is 1. The average Bonchev–Trinajstić information content (AvgIpc) is 2.39. The van der Waals surface area contributed by atoms with Gasteiger partial charge in [-0.3, -0.25) is 4.79 Å². The summed E-state index contributed by atoms with van der Waals surface area (Å²) in [5, 5.41) is 0. The van der Waals surface area contributed by atoms with E-state index in [-0.39, 0.29) is 0 Å². The van der Waals surface area contributed by atoms with Crippen LogP contribution >= 0.6 is 0 Å². The fraction of sp³-hybridized carbons (Fsp3) is 0.933. The highest BCUT2D eigenvalue weighted by molar-refractivity contribution is 5.75. The molecule has 0 radical (unpaired) electrons. The first kappa shape index (κ1) is 15.5. The summed E-state index contributed by atoms with van der Waals surface area (Å²) in [6.45, 7) is 1.75. The summed E-state index contributed by atoms with van der Waals surface area (Å²) in [5.74, 6) is 1.08. The zero-order valence-corrected chi connectivity index (χ0v) is 12.0. The van der Waals surface area contributed by atoms with Gasteiger partial charge in [0.2, 0.25) is 5.91 Å². The van der Waals surface area contributed by atoms with Crippen LogP contribution < -0.4 is 5.73 Å². The van der Waals surface area contributed by atoms with E-state index >= 15 is 0 Å². The van der Waals surface area contributed by atoms with Crippen LogP contribution in [0.1, 0.15) is 64.2 Å². The van der Waals surface area contributed by atoms with Gasteiger partial charge in [-0.15, -0.1) is 0 Å². The summed E-state index contributed by atoms with van der Waals surface area (Å²) in [6, 6.07) is 0. The number of unbranched alkanes of at least 4 members (excludes halogenated alkanes) is 3. The third-order valence-electron chi connectivity index (χ3n) is 4.03. The summed E-state index contributed by atoms with van der Waals surface area (Å²) in [5.41, 5.74) is 5.45. The quantitative estimate of drug-likeness (QED) is 0.677. The van der Waals surface area contributed by atoms with Gasteiger partial charge >= 0.3 is 0 Å². The van der Waals surface area contributed by atoms with E-state index in [9.17, 15) is 4.79 Å². The second-order valence-electron chi connectivity index (χ2n) is 5.73. The number of carbonyl (C=O) groups is 1. The SMILES string of the molecule is CN(CC1CCCCC1)C(=O)CCCCCCN. The molecule has 1 fully saturated rings. The average molecular weight is 254 g/mol. The van der Waals surface area contributed by atoms with Crippen LogP contribution in [-0.2, 0) is 4.79 Å². The molecule has 1 saturated carbocycles. The van der Waals surface area contributed by atoms with Crippen molar-refractivity contribution in [2.24, 2.45) is 11.7 Å². The van der Waals surface area contributed by atoms with Crippen LogP contribution in [0.15, 0.2) is 0 Å². The second kappa shape index (κ2) is 9.37. The molecule has 106 valence electrons. The predicted octanol–water partition coefficient (Wildman–Crippen LogP) is 2.93. The third kappa shape index (κ3) is 6.39. The molecule has 0 aromatic rings. The monoisotopic (exact) mass is 254 g/mol. The molecule has 0 saturated heterocycles. The van der Waals surface area contributed by atoms with Crippen LogP contribution in [0.25, 0.3) is 0 Å². The zero-order valence-electron chi connectivity index (χ0n) is 12.0. The summed E-state index contributed by atoms with van der Waals surface area (Å²) >= 11 is 0. The van der Waals surface area contributed by atoms with Crippen LogP contribution in [-0.4, -0.2) is 30.9 Å². The molecule has 0 unspecified atom stereocenters. The Bertz CT molecular complexity index is 225. The molecular formula is C15H30N2O. The van der Waals surface area contributed by atoms with Gasteiger partial charge in [-0.25, -0.2) is 0 Å². The van der Waals surface area contributed by atoms with Gasteiger partial charge in [0.05, 0.1) is 0 Å². The lowest BCUT2D eigenvalue weighted by Gasteiger charge is -2.27. The van der Waals surface area contributed by atoms with E-state index < -0.39 is 0 Å². The van der Waals surface area contributed by atoms with E-state index in [2.05, 4.69) is 0 Å². The maximum absolute atomic E-state index is 12.0. The molecule has 2 N–H and O–H groups in total. The minimum atomic E-state index is 0.327. The second-order valence-corrected chi connectivity index (χ2v) is 5.73. The Kier molecular flexibility index (Phi) is 8.06. The van der Waals surface area contributed by atoms with Crippen molar-refractivity contribution < 1.29 is 4.79 Å². The molecule has 0 heterocycles. The molecule has 3 heteroatoms. The molecule has 0 aliphatic heterocycles. The van der Waals surface area contributed by atoms with Gasteiger partial charge < -0.3 is 10.6 Å².